The normalized spacial score (nSPS) is 10.9. The fourth-order valence-electron chi connectivity index (χ4n) is 3.13. The van der Waals surface area contributed by atoms with Gasteiger partial charge >= 0.3 is 0 Å². The van der Waals surface area contributed by atoms with Crippen molar-refractivity contribution in [1.82, 2.24) is 9.97 Å². The van der Waals surface area contributed by atoms with E-state index < -0.39 is 0 Å². The van der Waals surface area contributed by atoms with Gasteiger partial charge in [-0.2, -0.15) is 4.98 Å². The summed E-state index contributed by atoms with van der Waals surface area (Å²) >= 11 is 0. The molecule has 146 valence electrons. The van der Waals surface area contributed by atoms with Gasteiger partial charge in [0.2, 0.25) is 5.89 Å². The van der Waals surface area contributed by atoms with Crippen LogP contribution in [0.2, 0.25) is 0 Å². The van der Waals surface area contributed by atoms with Crippen molar-refractivity contribution in [2.24, 2.45) is 0 Å². The van der Waals surface area contributed by atoms with Crippen LogP contribution in [0.5, 0.6) is 5.75 Å². The van der Waals surface area contributed by atoms with Crippen molar-refractivity contribution < 1.29 is 13.9 Å². The van der Waals surface area contributed by atoms with Gasteiger partial charge in [0.15, 0.2) is 17.8 Å². The van der Waals surface area contributed by atoms with E-state index in [-0.39, 0.29) is 12.5 Å². The highest BCUT2D eigenvalue weighted by Crippen LogP contribution is 2.27. The summed E-state index contributed by atoms with van der Waals surface area (Å²) in [6.45, 7) is 5.85. The number of oxazole rings is 1. The first kappa shape index (κ1) is 18.7. The number of carbonyl (C=O) groups excluding carboxylic acids is 1. The SMILES string of the molecule is Cc1cc(C)cc(OCC(=O)Nc2cc(-c3nc4ncccc4o3)ccc2C)c1. The van der Waals surface area contributed by atoms with Gasteiger partial charge in [-0.05, 0) is 73.9 Å². The Kier molecular flexibility index (Phi) is 4.99. The number of carbonyl (C=O) groups is 1. The maximum atomic E-state index is 12.4. The van der Waals surface area contributed by atoms with E-state index >= 15 is 0 Å². The van der Waals surface area contributed by atoms with Gasteiger partial charge in [0, 0.05) is 17.4 Å². The lowest BCUT2D eigenvalue weighted by molar-refractivity contribution is -0.118. The highest BCUT2D eigenvalue weighted by atomic mass is 16.5. The Labute approximate surface area is 168 Å². The van der Waals surface area contributed by atoms with Gasteiger partial charge in [-0.3, -0.25) is 4.79 Å². The minimum atomic E-state index is -0.233. The van der Waals surface area contributed by atoms with Crippen molar-refractivity contribution in [3.63, 3.8) is 0 Å². The molecule has 0 aliphatic heterocycles. The predicted octanol–water partition coefficient (Wildman–Crippen LogP) is 4.83. The van der Waals surface area contributed by atoms with Gasteiger partial charge in [0.1, 0.15) is 5.75 Å². The van der Waals surface area contributed by atoms with Crippen LogP contribution in [0.3, 0.4) is 0 Å². The zero-order chi connectivity index (χ0) is 20.4. The summed E-state index contributed by atoms with van der Waals surface area (Å²) < 4.78 is 11.4. The third-order valence-corrected chi connectivity index (χ3v) is 4.49. The number of nitrogens with zero attached hydrogens (tertiary/aromatic N) is 2. The van der Waals surface area contributed by atoms with Crippen molar-refractivity contribution in [1.29, 1.82) is 0 Å². The summed E-state index contributed by atoms with van der Waals surface area (Å²) in [6.07, 6.45) is 1.67. The molecule has 0 saturated carbocycles. The molecule has 1 N–H and O–H groups in total. The number of aromatic nitrogens is 2. The van der Waals surface area contributed by atoms with Gasteiger partial charge in [-0.15, -0.1) is 0 Å². The van der Waals surface area contributed by atoms with Crippen LogP contribution in [0.25, 0.3) is 22.7 Å². The van der Waals surface area contributed by atoms with Gasteiger partial charge in [-0.1, -0.05) is 12.1 Å². The van der Waals surface area contributed by atoms with Crippen molar-refractivity contribution >= 4 is 22.8 Å². The van der Waals surface area contributed by atoms with Crippen molar-refractivity contribution in [2.75, 3.05) is 11.9 Å². The van der Waals surface area contributed by atoms with Crippen LogP contribution in [0.4, 0.5) is 5.69 Å². The number of benzene rings is 2. The largest absolute Gasteiger partial charge is 0.484 e. The zero-order valence-corrected chi connectivity index (χ0v) is 16.5. The molecule has 4 aromatic rings. The second-order valence-electron chi connectivity index (χ2n) is 7.03. The van der Waals surface area contributed by atoms with E-state index in [2.05, 4.69) is 21.4 Å². The Morgan fingerprint density at radius 3 is 2.62 bits per heavy atom. The van der Waals surface area contributed by atoms with Crippen LogP contribution in [0, 0.1) is 20.8 Å². The number of ether oxygens (including phenoxy) is 1. The number of amides is 1. The molecule has 0 saturated heterocycles. The van der Waals surface area contributed by atoms with Crippen LogP contribution in [0.15, 0.2) is 59.1 Å². The third-order valence-electron chi connectivity index (χ3n) is 4.49. The lowest BCUT2D eigenvalue weighted by Gasteiger charge is -2.11. The van der Waals surface area contributed by atoms with Gasteiger partial charge in [-0.25, -0.2) is 4.98 Å². The molecule has 29 heavy (non-hydrogen) atoms. The Balaban J connectivity index is 1.49. The van der Waals surface area contributed by atoms with Gasteiger partial charge < -0.3 is 14.5 Å². The number of aryl methyl sites for hydroxylation is 3. The minimum Gasteiger partial charge on any atom is -0.484 e. The quantitative estimate of drug-likeness (QED) is 0.531. The Bertz CT molecular complexity index is 1140. The molecule has 6 nitrogen and oxygen atoms in total. The lowest BCUT2D eigenvalue weighted by atomic mass is 10.1. The number of hydrogen-bond acceptors (Lipinski definition) is 5. The molecule has 0 spiro atoms. The third kappa shape index (κ3) is 4.27. The van der Waals surface area contributed by atoms with E-state index in [0.717, 1.165) is 22.3 Å². The average molecular weight is 387 g/mol. The Hall–Kier alpha value is -3.67. The number of fused-ring (bicyclic) bond motifs is 1. The first-order valence-corrected chi connectivity index (χ1v) is 9.31. The Morgan fingerprint density at radius 2 is 1.86 bits per heavy atom. The summed E-state index contributed by atoms with van der Waals surface area (Å²) in [5.41, 5.74) is 5.74. The first-order valence-electron chi connectivity index (χ1n) is 9.31. The van der Waals surface area contributed by atoms with E-state index in [1.54, 1.807) is 12.3 Å². The summed E-state index contributed by atoms with van der Waals surface area (Å²) in [5, 5.41) is 2.90. The molecule has 4 rings (SSSR count). The van der Waals surface area contributed by atoms with Crippen LogP contribution in [-0.2, 0) is 4.79 Å². The highest BCUT2D eigenvalue weighted by molar-refractivity contribution is 5.93. The fraction of sp³-hybridized carbons (Fsp3) is 0.174. The molecule has 0 aliphatic carbocycles. The number of rotatable bonds is 5. The van der Waals surface area contributed by atoms with Crippen LogP contribution < -0.4 is 10.1 Å². The summed E-state index contributed by atoms with van der Waals surface area (Å²) in [4.78, 5) is 21.0. The molecule has 1 amide bonds. The van der Waals surface area contributed by atoms with Crippen LogP contribution >= 0.6 is 0 Å². The molecule has 2 aromatic heterocycles. The topological polar surface area (TPSA) is 77.2 Å². The van der Waals surface area contributed by atoms with E-state index in [4.69, 9.17) is 9.15 Å². The average Bonchev–Trinajstić information content (AvgIpc) is 3.11. The van der Waals surface area contributed by atoms with E-state index in [0.29, 0.717) is 28.6 Å². The number of nitrogens with one attached hydrogen (secondary N) is 1. The van der Waals surface area contributed by atoms with Crippen molar-refractivity contribution in [3.8, 4) is 17.2 Å². The monoisotopic (exact) mass is 387 g/mol. The Morgan fingerprint density at radius 1 is 1.07 bits per heavy atom. The maximum Gasteiger partial charge on any atom is 0.262 e. The number of hydrogen-bond donors (Lipinski definition) is 1. The van der Waals surface area contributed by atoms with Crippen molar-refractivity contribution in [3.05, 3.63) is 71.4 Å². The molecule has 0 atom stereocenters. The van der Waals surface area contributed by atoms with Gasteiger partial charge in [0.25, 0.3) is 5.91 Å². The van der Waals surface area contributed by atoms with Crippen molar-refractivity contribution in [2.45, 2.75) is 20.8 Å². The molecule has 2 aromatic carbocycles. The van der Waals surface area contributed by atoms with E-state index in [1.807, 2.05) is 57.2 Å². The highest BCUT2D eigenvalue weighted by Gasteiger charge is 2.12. The van der Waals surface area contributed by atoms with Crippen LogP contribution in [0.1, 0.15) is 16.7 Å². The number of pyridine rings is 1. The molecular formula is C23H21N3O3. The molecular weight excluding hydrogens is 366 g/mol. The molecule has 0 unspecified atom stereocenters. The molecule has 0 radical (unpaired) electrons. The molecule has 6 heteroatoms. The number of anilines is 1. The maximum absolute atomic E-state index is 12.4. The molecule has 0 fully saturated rings. The molecule has 0 bridgehead atoms. The predicted molar refractivity (Wildman–Crippen MR) is 112 cm³/mol. The minimum absolute atomic E-state index is 0.0701. The molecule has 2 heterocycles. The summed E-state index contributed by atoms with van der Waals surface area (Å²) in [7, 11) is 0. The zero-order valence-electron chi connectivity index (χ0n) is 16.5. The summed E-state index contributed by atoms with van der Waals surface area (Å²) in [6, 6.07) is 15.2. The van der Waals surface area contributed by atoms with E-state index in [1.165, 1.54) is 0 Å². The standard InChI is InChI=1S/C23H21N3O3/c1-14-9-15(2)11-18(10-14)28-13-21(27)25-19-12-17(7-6-16(19)3)23-26-22-20(29-23)5-4-8-24-22/h4-12H,13H2,1-3H3,(H,25,27). The first-order chi connectivity index (χ1) is 14.0. The van der Waals surface area contributed by atoms with E-state index in [9.17, 15) is 4.79 Å². The summed E-state index contributed by atoms with van der Waals surface area (Å²) in [5.74, 6) is 0.909. The molecule has 0 aliphatic rings. The smallest absolute Gasteiger partial charge is 0.262 e. The van der Waals surface area contributed by atoms with Gasteiger partial charge in [0.05, 0.1) is 0 Å². The second kappa shape index (κ2) is 7.75. The second-order valence-corrected chi connectivity index (χ2v) is 7.03. The fourth-order valence-corrected chi connectivity index (χ4v) is 3.13. The van der Waals surface area contributed by atoms with Crippen LogP contribution in [-0.4, -0.2) is 22.5 Å². The lowest BCUT2D eigenvalue weighted by Crippen LogP contribution is -2.20.